The molecule has 0 radical (unpaired) electrons. The molecule has 0 unspecified atom stereocenters. The number of para-hydroxylation sites is 1. The first-order valence-corrected chi connectivity index (χ1v) is 15.3. The van der Waals surface area contributed by atoms with E-state index in [2.05, 4.69) is 28.7 Å². The van der Waals surface area contributed by atoms with Gasteiger partial charge in [-0.05, 0) is 44.2 Å². The van der Waals surface area contributed by atoms with Gasteiger partial charge in [0.2, 0.25) is 17.7 Å². The number of aromatic nitrogens is 1. The third-order valence-electron chi connectivity index (χ3n) is 9.40. The Morgan fingerprint density at radius 3 is 2.59 bits per heavy atom. The average molecular weight is 644 g/mol. The number of halogens is 4. The molecule has 4 aliphatic heterocycles. The fourth-order valence-electron chi connectivity index (χ4n) is 7.55. The van der Waals surface area contributed by atoms with E-state index in [1.165, 1.54) is 37.1 Å². The van der Waals surface area contributed by atoms with E-state index >= 15 is 4.39 Å². The van der Waals surface area contributed by atoms with Crippen molar-refractivity contribution in [1.82, 2.24) is 20.1 Å². The molecule has 5 heterocycles. The van der Waals surface area contributed by atoms with E-state index in [0.29, 0.717) is 38.4 Å². The molecule has 1 aromatic carbocycles. The number of hydrogen-bond donors (Lipinski definition) is 1. The lowest BCUT2D eigenvalue weighted by molar-refractivity contribution is -0.138. The van der Waals surface area contributed by atoms with Gasteiger partial charge in [-0.2, -0.15) is 13.2 Å². The summed E-state index contributed by atoms with van der Waals surface area (Å²) >= 11 is 0. The monoisotopic (exact) mass is 643 g/mol. The number of amides is 3. The van der Waals surface area contributed by atoms with Crippen LogP contribution in [0.1, 0.15) is 24.6 Å². The summed E-state index contributed by atoms with van der Waals surface area (Å²) in [6.45, 7) is 10.6. The van der Waals surface area contributed by atoms with Crippen molar-refractivity contribution in [2.75, 3.05) is 67.6 Å². The SMILES string of the molecule is C=CC(=O)N1CC2(CN(CCN3C[C@H]4CC(=O)N(c5cc(C(F)(F)F)cc(C)n5)[C@@H]4C(=O)N(C)c4cccc(F)c43)C[C@H](C)N2)C1. The molecule has 2 aromatic rings. The van der Waals surface area contributed by atoms with Crippen molar-refractivity contribution in [2.24, 2.45) is 5.92 Å². The zero-order valence-electron chi connectivity index (χ0n) is 26.0. The molecule has 1 spiro atoms. The first-order chi connectivity index (χ1) is 21.7. The van der Waals surface area contributed by atoms with Crippen molar-refractivity contribution in [3.05, 3.63) is 60.1 Å². The van der Waals surface area contributed by atoms with Gasteiger partial charge in [0.1, 0.15) is 17.7 Å². The highest BCUT2D eigenvalue weighted by molar-refractivity contribution is 6.10. The largest absolute Gasteiger partial charge is 0.416 e. The highest BCUT2D eigenvalue weighted by Crippen LogP contribution is 2.41. The lowest BCUT2D eigenvalue weighted by Crippen LogP contribution is -2.78. The van der Waals surface area contributed by atoms with Gasteiger partial charge in [-0.25, -0.2) is 9.37 Å². The van der Waals surface area contributed by atoms with E-state index < -0.39 is 41.3 Å². The second-order valence-electron chi connectivity index (χ2n) is 12.9. The summed E-state index contributed by atoms with van der Waals surface area (Å²) in [5.41, 5.74) is -0.618. The molecule has 1 N–H and O–H groups in total. The van der Waals surface area contributed by atoms with Crippen molar-refractivity contribution in [2.45, 2.75) is 44.1 Å². The molecular weight excluding hydrogens is 606 g/mol. The Kier molecular flexibility index (Phi) is 8.08. The third kappa shape index (κ3) is 5.72. The van der Waals surface area contributed by atoms with Gasteiger partial charge in [0.05, 0.1) is 22.5 Å². The number of benzene rings is 1. The smallest absolute Gasteiger partial charge is 0.366 e. The standard InChI is InChI=1S/C32H37F4N7O3/c1-5-26(44)42-17-31(18-42)16-40(14-20(3)38-31)9-10-41-15-21-12-27(45)43(25-13-22(32(34,35)36)11-19(2)37-25)28(21)30(46)39(4)24-8-6-7-23(33)29(24)41/h5-8,11,13,20-21,28,38H,1,9-10,12,14-18H2,2-4H3/t20-,21+,28-/m0/s1. The minimum absolute atomic E-state index is 0.0632. The van der Waals surface area contributed by atoms with Gasteiger partial charge in [0.15, 0.2) is 0 Å². The Morgan fingerprint density at radius 2 is 1.89 bits per heavy atom. The summed E-state index contributed by atoms with van der Waals surface area (Å²) in [5, 5.41) is 3.63. The van der Waals surface area contributed by atoms with Crippen molar-refractivity contribution in [1.29, 1.82) is 0 Å². The van der Waals surface area contributed by atoms with Crippen molar-refractivity contribution in [3.63, 3.8) is 0 Å². The fourth-order valence-corrected chi connectivity index (χ4v) is 7.55. The molecule has 6 rings (SSSR count). The third-order valence-corrected chi connectivity index (χ3v) is 9.40. The molecule has 0 bridgehead atoms. The number of nitrogens with one attached hydrogen (secondary N) is 1. The predicted octanol–water partition coefficient (Wildman–Crippen LogP) is 2.81. The Bertz CT molecular complexity index is 1580. The minimum Gasteiger partial charge on any atom is -0.366 e. The van der Waals surface area contributed by atoms with E-state index in [0.717, 1.165) is 23.6 Å². The number of fused-ring (bicyclic) bond motifs is 2. The van der Waals surface area contributed by atoms with Gasteiger partial charge in [-0.15, -0.1) is 0 Å². The predicted molar refractivity (Wildman–Crippen MR) is 164 cm³/mol. The highest BCUT2D eigenvalue weighted by Gasteiger charge is 2.51. The summed E-state index contributed by atoms with van der Waals surface area (Å²) in [4.78, 5) is 52.0. The number of likely N-dealkylation sites (tertiary alicyclic amines) is 1. The summed E-state index contributed by atoms with van der Waals surface area (Å²) in [7, 11) is 1.49. The van der Waals surface area contributed by atoms with Crippen LogP contribution >= 0.6 is 0 Å². The Labute approximate surface area is 264 Å². The first-order valence-electron chi connectivity index (χ1n) is 15.3. The average Bonchev–Trinajstić information content (AvgIpc) is 3.30. The van der Waals surface area contributed by atoms with E-state index in [1.807, 2.05) is 4.90 Å². The number of aryl methyl sites for hydroxylation is 1. The molecule has 0 saturated carbocycles. The maximum absolute atomic E-state index is 15.6. The van der Waals surface area contributed by atoms with Gasteiger partial charge in [0.25, 0.3) is 0 Å². The number of pyridine rings is 1. The van der Waals surface area contributed by atoms with Crippen LogP contribution in [0.4, 0.5) is 34.8 Å². The maximum atomic E-state index is 15.6. The summed E-state index contributed by atoms with van der Waals surface area (Å²) in [6.07, 6.45) is -3.47. The second kappa shape index (κ2) is 11.6. The zero-order chi connectivity index (χ0) is 33.1. The van der Waals surface area contributed by atoms with E-state index in [9.17, 15) is 27.6 Å². The Balaban J connectivity index is 1.29. The van der Waals surface area contributed by atoms with Crippen LogP contribution in [0.25, 0.3) is 0 Å². The number of carbonyl (C=O) groups excluding carboxylic acids is 3. The summed E-state index contributed by atoms with van der Waals surface area (Å²) in [5.74, 6) is -2.55. The molecule has 46 heavy (non-hydrogen) atoms. The number of piperazine rings is 1. The fraction of sp³-hybridized carbons (Fsp3) is 0.500. The number of nitrogens with zero attached hydrogens (tertiary/aromatic N) is 6. The molecule has 14 heteroatoms. The van der Waals surface area contributed by atoms with Crippen molar-refractivity contribution in [3.8, 4) is 0 Å². The van der Waals surface area contributed by atoms with E-state index in [-0.39, 0.29) is 47.7 Å². The lowest BCUT2D eigenvalue weighted by Gasteiger charge is -2.56. The van der Waals surface area contributed by atoms with Crippen LogP contribution in [0.5, 0.6) is 0 Å². The molecule has 3 saturated heterocycles. The first kappa shape index (κ1) is 31.9. The quantitative estimate of drug-likeness (QED) is 0.396. The summed E-state index contributed by atoms with van der Waals surface area (Å²) < 4.78 is 56.7. The number of rotatable bonds is 5. The molecule has 246 valence electrons. The molecule has 1 aromatic heterocycles. The van der Waals surface area contributed by atoms with Gasteiger partial charge in [-0.1, -0.05) is 12.6 Å². The highest BCUT2D eigenvalue weighted by atomic mass is 19.4. The van der Waals surface area contributed by atoms with Crippen LogP contribution in [0.3, 0.4) is 0 Å². The number of alkyl halides is 3. The van der Waals surface area contributed by atoms with Crippen LogP contribution in [0, 0.1) is 18.7 Å². The lowest BCUT2D eigenvalue weighted by atomic mass is 9.85. The van der Waals surface area contributed by atoms with Gasteiger partial charge < -0.3 is 20.0 Å². The second-order valence-corrected chi connectivity index (χ2v) is 12.9. The van der Waals surface area contributed by atoms with Crippen molar-refractivity contribution < 1.29 is 31.9 Å². The number of carbonyl (C=O) groups is 3. The van der Waals surface area contributed by atoms with Gasteiger partial charge >= 0.3 is 6.18 Å². The van der Waals surface area contributed by atoms with Crippen LogP contribution in [-0.4, -0.2) is 103 Å². The van der Waals surface area contributed by atoms with E-state index in [1.54, 1.807) is 11.0 Å². The Hall–Kier alpha value is -4.04. The maximum Gasteiger partial charge on any atom is 0.416 e. The molecule has 0 aliphatic carbocycles. The number of hydrogen-bond acceptors (Lipinski definition) is 7. The summed E-state index contributed by atoms with van der Waals surface area (Å²) in [6, 6.07) is 5.16. The van der Waals surface area contributed by atoms with Gasteiger partial charge in [-0.3, -0.25) is 24.2 Å². The van der Waals surface area contributed by atoms with Crippen LogP contribution < -0.4 is 20.0 Å². The number of anilines is 3. The van der Waals surface area contributed by atoms with Crippen LogP contribution in [0.2, 0.25) is 0 Å². The molecule has 10 nitrogen and oxygen atoms in total. The Morgan fingerprint density at radius 1 is 1.15 bits per heavy atom. The topological polar surface area (TPSA) is 92.3 Å². The molecular formula is C32H37F4N7O3. The van der Waals surface area contributed by atoms with Crippen LogP contribution in [-0.2, 0) is 20.6 Å². The van der Waals surface area contributed by atoms with Gasteiger partial charge in [0, 0.05) is 76.9 Å². The minimum atomic E-state index is -4.67. The number of likely N-dealkylation sites (N-methyl/N-ethyl adjacent to an activating group) is 1. The molecule has 3 amide bonds. The molecule has 4 aliphatic rings. The zero-order valence-corrected chi connectivity index (χ0v) is 26.0. The molecule has 3 fully saturated rings. The molecule has 3 atom stereocenters. The van der Waals surface area contributed by atoms with Crippen molar-refractivity contribution >= 4 is 34.9 Å². The normalized spacial score (nSPS) is 24.8. The van der Waals surface area contributed by atoms with Crippen LogP contribution in [0.15, 0.2) is 43.0 Å². The van der Waals surface area contributed by atoms with E-state index in [4.69, 9.17) is 0 Å².